The van der Waals surface area contributed by atoms with E-state index in [0.717, 1.165) is 13.0 Å². The van der Waals surface area contributed by atoms with Gasteiger partial charge in [-0.2, -0.15) is 0 Å². The lowest BCUT2D eigenvalue weighted by Crippen LogP contribution is -2.22. The standard InChI is InChI=1S/C14H15N5O2/c15-13-12(19(20)21)14(17-9-16-13)18-7-6-11(8-18)10-4-2-1-3-5-10/h1-5,9,11H,6-8H2,(H2,15,16,17). The van der Waals surface area contributed by atoms with Gasteiger partial charge in [-0.3, -0.25) is 10.1 Å². The van der Waals surface area contributed by atoms with Crippen LogP contribution in [0.25, 0.3) is 0 Å². The molecular weight excluding hydrogens is 270 g/mol. The highest BCUT2D eigenvalue weighted by Crippen LogP contribution is 2.35. The molecule has 0 spiro atoms. The first-order valence-corrected chi connectivity index (χ1v) is 6.71. The molecular formula is C14H15N5O2. The summed E-state index contributed by atoms with van der Waals surface area (Å²) in [6.07, 6.45) is 2.21. The van der Waals surface area contributed by atoms with Crippen LogP contribution in [0, 0.1) is 10.1 Å². The summed E-state index contributed by atoms with van der Waals surface area (Å²) in [5, 5.41) is 11.2. The molecule has 2 N–H and O–H groups in total. The van der Waals surface area contributed by atoms with Crippen LogP contribution in [0.5, 0.6) is 0 Å². The summed E-state index contributed by atoms with van der Waals surface area (Å²) in [6.45, 7) is 1.41. The molecule has 1 aromatic carbocycles. The third-order valence-corrected chi connectivity index (χ3v) is 3.77. The number of hydrogen-bond donors (Lipinski definition) is 1. The Labute approximate surface area is 121 Å². The van der Waals surface area contributed by atoms with Crippen molar-refractivity contribution in [3.05, 3.63) is 52.3 Å². The molecule has 2 heterocycles. The Bertz CT molecular complexity index is 662. The second kappa shape index (κ2) is 5.35. The van der Waals surface area contributed by atoms with E-state index < -0.39 is 4.92 Å². The number of anilines is 2. The van der Waals surface area contributed by atoms with Crippen molar-refractivity contribution in [2.24, 2.45) is 0 Å². The molecule has 1 aliphatic heterocycles. The minimum atomic E-state index is -0.513. The van der Waals surface area contributed by atoms with Crippen LogP contribution in [0.1, 0.15) is 17.9 Å². The number of aromatic nitrogens is 2. The summed E-state index contributed by atoms with van der Waals surface area (Å²) in [5.41, 5.74) is 6.65. The van der Waals surface area contributed by atoms with E-state index in [0.29, 0.717) is 18.3 Å². The summed E-state index contributed by atoms with van der Waals surface area (Å²) in [7, 11) is 0. The number of benzene rings is 1. The van der Waals surface area contributed by atoms with Gasteiger partial charge in [0.05, 0.1) is 4.92 Å². The first kappa shape index (κ1) is 13.3. The minimum absolute atomic E-state index is 0.0897. The molecule has 0 saturated carbocycles. The molecule has 0 aliphatic carbocycles. The number of nitrogens with two attached hydrogens (primary N) is 1. The lowest BCUT2D eigenvalue weighted by Gasteiger charge is -2.17. The molecule has 21 heavy (non-hydrogen) atoms. The zero-order chi connectivity index (χ0) is 14.8. The lowest BCUT2D eigenvalue weighted by molar-refractivity contribution is -0.383. The molecule has 3 rings (SSSR count). The summed E-state index contributed by atoms with van der Waals surface area (Å²) < 4.78 is 0. The smallest absolute Gasteiger partial charge is 0.353 e. The average Bonchev–Trinajstić information content (AvgIpc) is 2.97. The fourth-order valence-corrected chi connectivity index (χ4v) is 2.74. The van der Waals surface area contributed by atoms with E-state index in [1.165, 1.54) is 11.9 Å². The van der Waals surface area contributed by atoms with Crippen LogP contribution in [0.2, 0.25) is 0 Å². The van der Waals surface area contributed by atoms with Crippen molar-refractivity contribution in [2.45, 2.75) is 12.3 Å². The van der Waals surface area contributed by atoms with Crippen LogP contribution >= 0.6 is 0 Å². The van der Waals surface area contributed by atoms with Crippen LogP contribution in [-0.4, -0.2) is 28.0 Å². The molecule has 0 radical (unpaired) electrons. The number of nitrogens with zero attached hydrogens (tertiary/aromatic N) is 4. The summed E-state index contributed by atoms with van der Waals surface area (Å²) >= 11 is 0. The van der Waals surface area contributed by atoms with Crippen LogP contribution < -0.4 is 10.6 Å². The van der Waals surface area contributed by atoms with E-state index in [1.54, 1.807) is 0 Å². The molecule has 1 atom stereocenters. The summed E-state index contributed by atoms with van der Waals surface area (Å²) in [4.78, 5) is 20.3. The van der Waals surface area contributed by atoms with E-state index in [4.69, 9.17) is 5.73 Å². The third-order valence-electron chi connectivity index (χ3n) is 3.77. The summed E-state index contributed by atoms with van der Waals surface area (Å²) in [5.74, 6) is 0.570. The zero-order valence-electron chi connectivity index (χ0n) is 11.3. The molecule has 7 heteroatoms. The molecule has 1 unspecified atom stereocenters. The predicted molar refractivity (Wildman–Crippen MR) is 79.1 cm³/mol. The van der Waals surface area contributed by atoms with Gasteiger partial charge in [0, 0.05) is 19.0 Å². The predicted octanol–water partition coefficient (Wildman–Crippen LogP) is 1.96. The maximum absolute atomic E-state index is 11.2. The maximum Gasteiger partial charge on any atom is 0.353 e. The Morgan fingerprint density at radius 1 is 1.29 bits per heavy atom. The van der Waals surface area contributed by atoms with Crippen molar-refractivity contribution in [2.75, 3.05) is 23.7 Å². The van der Waals surface area contributed by atoms with Crippen LogP contribution in [-0.2, 0) is 0 Å². The Balaban J connectivity index is 1.87. The average molecular weight is 285 g/mol. The molecule has 7 nitrogen and oxygen atoms in total. The fraction of sp³-hybridized carbons (Fsp3) is 0.286. The molecule has 1 saturated heterocycles. The number of rotatable bonds is 3. The Hall–Kier alpha value is -2.70. The molecule has 1 fully saturated rings. The first-order chi connectivity index (χ1) is 10.2. The van der Waals surface area contributed by atoms with Gasteiger partial charge in [-0.25, -0.2) is 9.97 Å². The van der Waals surface area contributed by atoms with Crippen LogP contribution in [0.4, 0.5) is 17.3 Å². The van der Waals surface area contributed by atoms with Crippen molar-refractivity contribution in [1.82, 2.24) is 9.97 Å². The Morgan fingerprint density at radius 2 is 2.05 bits per heavy atom. The van der Waals surface area contributed by atoms with E-state index in [2.05, 4.69) is 22.1 Å². The Morgan fingerprint density at radius 3 is 2.76 bits per heavy atom. The van der Waals surface area contributed by atoms with Crippen LogP contribution in [0.15, 0.2) is 36.7 Å². The molecule has 1 aromatic heterocycles. The molecule has 2 aromatic rings. The minimum Gasteiger partial charge on any atom is -0.378 e. The van der Waals surface area contributed by atoms with Gasteiger partial charge in [0.15, 0.2) is 0 Å². The second-order valence-corrected chi connectivity index (χ2v) is 5.03. The normalized spacial score (nSPS) is 17.9. The molecule has 0 bridgehead atoms. The van der Waals surface area contributed by atoms with E-state index in [1.807, 2.05) is 23.1 Å². The van der Waals surface area contributed by atoms with E-state index in [9.17, 15) is 10.1 Å². The summed E-state index contributed by atoms with van der Waals surface area (Å²) in [6, 6.07) is 10.1. The SMILES string of the molecule is Nc1ncnc(N2CCC(c3ccccc3)C2)c1[N+](=O)[O-]. The van der Waals surface area contributed by atoms with Gasteiger partial charge >= 0.3 is 5.69 Å². The van der Waals surface area contributed by atoms with Gasteiger partial charge in [0.1, 0.15) is 6.33 Å². The van der Waals surface area contributed by atoms with Crippen molar-refractivity contribution in [3.8, 4) is 0 Å². The van der Waals surface area contributed by atoms with E-state index in [-0.39, 0.29) is 11.5 Å². The molecule has 108 valence electrons. The topological polar surface area (TPSA) is 98.2 Å². The number of nitro groups is 1. The van der Waals surface area contributed by atoms with Gasteiger partial charge < -0.3 is 10.6 Å². The number of hydrogen-bond acceptors (Lipinski definition) is 6. The first-order valence-electron chi connectivity index (χ1n) is 6.71. The van der Waals surface area contributed by atoms with Gasteiger partial charge in [0.2, 0.25) is 11.6 Å². The van der Waals surface area contributed by atoms with Gasteiger partial charge in [-0.15, -0.1) is 0 Å². The van der Waals surface area contributed by atoms with Crippen LogP contribution in [0.3, 0.4) is 0 Å². The fourth-order valence-electron chi connectivity index (χ4n) is 2.74. The lowest BCUT2D eigenvalue weighted by atomic mass is 9.99. The second-order valence-electron chi connectivity index (χ2n) is 5.03. The van der Waals surface area contributed by atoms with Crippen molar-refractivity contribution in [3.63, 3.8) is 0 Å². The van der Waals surface area contributed by atoms with Gasteiger partial charge in [-0.1, -0.05) is 30.3 Å². The van der Waals surface area contributed by atoms with E-state index >= 15 is 0 Å². The van der Waals surface area contributed by atoms with Crippen molar-refractivity contribution < 1.29 is 4.92 Å². The highest BCUT2D eigenvalue weighted by molar-refractivity contribution is 5.68. The largest absolute Gasteiger partial charge is 0.378 e. The molecule has 0 amide bonds. The van der Waals surface area contributed by atoms with Crippen molar-refractivity contribution in [1.29, 1.82) is 0 Å². The van der Waals surface area contributed by atoms with Gasteiger partial charge in [-0.05, 0) is 12.0 Å². The number of nitrogen functional groups attached to an aromatic ring is 1. The molecule has 1 aliphatic rings. The quantitative estimate of drug-likeness (QED) is 0.683. The maximum atomic E-state index is 11.2. The third kappa shape index (κ3) is 2.49. The Kier molecular flexibility index (Phi) is 3.39. The highest BCUT2D eigenvalue weighted by Gasteiger charge is 2.31. The van der Waals surface area contributed by atoms with Crippen molar-refractivity contribution >= 4 is 17.3 Å². The zero-order valence-corrected chi connectivity index (χ0v) is 11.3. The van der Waals surface area contributed by atoms with Gasteiger partial charge in [0.25, 0.3) is 0 Å². The monoisotopic (exact) mass is 285 g/mol. The highest BCUT2D eigenvalue weighted by atomic mass is 16.6.